The Labute approximate surface area is 168 Å². The number of hydrogen-bond donors (Lipinski definition) is 1. The molecule has 3 amide bonds. The van der Waals surface area contributed by atoms with Gasteiger partial charge in [-0.1, -0.05) is 18.2 Å². The van der Waals surface area contributed by atoms with Gasteiger partial charge in [0, 0.05) is 44.4 Å². The Hall–Kier alpha value is -3.55. The number of anilines is 1. The maximum absolute atomic E-state index is 12.7. The zero-order valence-corrected chi connectivity index (χ0v) is 16.3. The molecule has 1 fully saturated rings. The van der Waals surface area contributed by atoms with Crippen LogP contribution in [0, 0.1) is 0 Å². The zero-order chi connectivity index (χ0) is 21.0. The third-order valence-electron chi connectivity index (χ3n) is 4.74. The topological polar surface area (TPSA) is 99.7 Å². The number of Topliss-reactive ketones (excluding diaryl/α,β-unsaturated/α-hetero) is 1. The Kier molecular flexibility index (Phi) is 6.01. The van der Waals surface area contributed by atoms with E-state index < -0.39 is 5.91 Å². The SMILES string of the molecule is CC(=O)c1cccc(NC(=O)c2cccc(C(=O)N3CCN(C(C)=O)CC3)n2)c1. The molecule has 8 nitrogen and oxygen atoms in total. The number of rotatable bonds is 4. The van der Waals surface area contributed by atoms with E-state index in [1.54, 1.807) is 46.2 Å². The van der Waals surface area contributed by atoms with Gasteiger partial charge in [-0.3, -0.25) is 19.2 Å². The third-order valence-corrected chi connectivity index (χ3v) is 4.74. The molecular weight excluding hydrogens is 372 g/mol. The molecule has 2 aromatic rings. The van der Waals surface area contributed by atoms with E-state index >= 15 is 0 Å². The number of nitrogens with one attached hydrogen (secondary N) is 1. The number of pyridine rings is 1. The van der Waals surface area contributed by atoms with Crippen LogP contribution in [0.2, 0.25) is 0 Å². The molecule has 0 spiro atoms. The largest absolute Gasteiger partial charge is 0.339 e. The first-order valence-electron chi connectivity index (χ1n) is 9.29. The normalized spacial score (nSPS) is 13.7. The van der Waals surface area contributed by atoms with Crippen LogP contribution in [0.15, 0.2) is 42.5 Å². The van der Waals surface area contributed by atoms with Crippen LogP contribution in [0.3, 0.4) is 0 Å². The maximum atomic E-state index is 12.7. The van der Waals surface area contributed by atoms with Crippen LogP contribution in [0.5, 0.6) is 0 Å². The second-order valence-electron chi connectivity index (χ2n) is 6.80. The highest BCUT2D eigenvalue weighted by molar-refractivity contribution is 6.04. The summed E-state index contributed by atoms with van der Waals surface area (Å²) in [7, 11) is 0. The number of benzene rings is 1. The van der Waals surface area contributed by atoms with Crippen LogP contribution in [0.25, 0.3) is 0 Å². The fraction of sp³-hybridized carbons (Fsp3) is 0.286. The van der Waals surface area contributed by atoms with E-state index in [1.807, 2.05) is 0 Å². The van der Waals surface area contributed by atoms with Gasteiger partial charge in [0.05, 0.1) is 0 Å². The van der Waals surface area contributed by atoms with Gasteiger partial charge < -0.3 is 15.1 Å². The molecule has 1 aliphatic rings. The Balaban J connectivity index is 1.70. The van der Waals surface area contributed by atoms with E-state index in [1.165, 1.54) is 19.9 Å². The molecular formula is C21H22N4O4. The molecule has 0 atom stereocenters. The molecule has 3 rings (SSSR count). The smallest absolute Gasteiger partial charge is 0.274 e. The fourth-order valence-corrected chi connectivity index (χ4v) is 3.08. The molecule has 0 bridgehead atoms. The van der Waals surface area contributed by atoms with E-state index in [9.17, 15) is 19.2 Å². The number of hydrogen-bond acceptors (Lipinski definition) is 5. The molecule has 0 saturated carbocycles. The molecule has 8 heteroatoms. The molecule has 1 aromatic carbocycles. The van der Waals surface area contributed by atoms with Crippen LogP contribution in [0.4, 0.5) is 5.69 Å². The van der Waals surface area contributed by atoms with E-state index in [2.05, 4.69) is 10.3 Å². The second-order valence-corrected chi connectivity index (χ2v) is 6.80. The van der Waals surface area contributed by atoms with Crippen molar-refractivity contribution in [2.75, 3.05) is 31.5 Å². The average molecular weight is 394 g/mol. The third kappa shape index (κ3) is 4.84. The predicted octanol–water partition coefficient (Wildman–Crippen LogP) is 1.84. The standard InChI is InChI=1S/C21H22N4O4/c1-14(26)16-5-3-6-17(13-16)22-20(28)18-7-4-8-19(23-18)21(29)25-11-9-24(10-12-25)15(2)27/h3-8,13H,9-12H2,1-2H3,(H,22,28). The summed E-state index contributed by atoms with van der Waals surface area (Å²) in [4.78, 5) is 55.7. The summed E-state index contributed by atoms with van der Waals surface area (Å²) >= 11 is 0. The van der Waals surface area contributed by atoms with E-state index in [0.29, 0.717) is 37.4 Å². The van der Waals surface area contributed by atoms with Gasteiger partial charge in [-0.15, -0.1) is 0 Å². The van der Waals surface area contributed by atoms with Crippen molar-refractivity contribution in [1.29, 1.82) is 0 Å². The van der Waals surface area contributed by atoms with E-state index in [0.717, 1.165) is 0 Å². The predicted molar refractivity (Wildman–Crippen MR) is 107 cm³/mol. The molecule has 0 aliphatic carbocycles. The first-order chi connectivity index (χ1) is 13.8. The molecule has 29 heavy (non-hydrogen) atoms. The van der Waals surface area contributed by atoms with Crippen molar-refractivity contribution < 1.29 is 19.2 Å². The number of piperazine rings is 1. The monoisotopic (exact) mass is 394 g/mol. The van der Waals surface area contributed by atoms with Crippen LogP contribution in [-0.2, 0) is 4.79 Å². The molecule has 0 unspecified atom stereocenters. The van der Waals surface area contributed by atoms with Crippen LogP contribution in [-0.4, -0.2) is 64.5 Å². The minimum atomic E-state index is -0.471. The highest BCUT2D eigenvalue weighted by atomic mass is 16.2. The summed E-state index contributed by atoms with van der Waals surface area (Å²) in [6.45, 7) is 4.77. The van der Waals surface area contributed by atoms with Crippen LogP contribution < -0.4 is 5.32 Å². The molecule has 150 valence electrons. The molecule has 2 heterocycles. The summed E-state index contributed by atoms with van der Waals surface area (Å²) < 4.78 is 0. The number of carbonyl (C=O) groups is 4. The molecule has 1 saturated heterocycles. The lowest BCUT2D eigenvalue weighted by Gasteiger charge is -2.34. The van der Waals surface area contributed by atoms with Crippen LogP contribution >= 0.6 is 0 Å². The lowest BCUT2D eigenvalue weighted by Crippen LogP contribution is -2.50. The quantitative estimate of drug-likeness (QED) is 0.798. The number of aromatic nitrogens is 1. The second kappa shape index (κ2) is 8.64. The molecule has 0 radical (unpaired) electrons. The van der Waals surface area contributed by atoms with Crippen molar-refractivity contribution in [2.45, 2.75) is 13.8 Å². The number of nitrogens with zero attached hydrogens (tertiary/aromatic N) is 3. The summed E-state index contributed by atoms with van der Waals surface area (Å²) in [6, 6.07) is 11.3. The van der Waals surface area contributed by atoms with Crippen molar-refractivity contribution in [3.05, 3.63) is 59.4 Å². The average Bonchev–Trinajstić information content (AvgIpc) is 2.73. The minimum Gasteiger partial charge on any atom is -0.339 e. The first kappa shape index (κ1) is 20.2. The zero-order valence-electron chi connectivity index (χ0n) is 16.3. The molecule has 1 aliphatic heterocycles. The van der Waals surface area contributed by atoms with E-state index in [4.69, 9.17) is 0 Å². The van der Waals surface area contributed by atoms with Gasteiger partial charge in [-0.2, -0.15) is 0 Å². The highest BCUT2D eigenvalue weighted by Gasteiger charge is 2.24. The Morgan fingerprint density at radius 1 is 0.862 bits per heavy atom. The Bertz CT molecular complexity index is 965. The van der Waals surface area contributed by atoms with Gasteiger partial charge in [0.25, 0.3) is 11.8 Å². The van der Waals surface area contributed by atoms with Crippen molar-refractivity contribution in [1.82, 2.24) is 14.8 Å². The molecule has 1 aromatic heterocycles. The van der Waals surface area contributed by atoms with Gasteiger partial charge in [-0.05, 0) is 31.2 Å². The fourth-order valence-electron chi connectivity index (χ4n) is 3.08. The Morgan fingerprint density at radius 2 is 1.48 bits per heavy atom. The summed E-state index contributed by atoms with van der Waals surface area (Å²) in [6.07, 6.45) is 0. The minimum absolute atomic E-state index is 0.0114. The summed E-state index contributed by atoms with van der Waals surface area (Å²) in [5.41, 5.74) is 1.24. The van der Waals surface area contributed by atoms with Crippen molar-refractivity contribution in [2.24, 2.45) is 0 Å². The number of ketones is 1. The highest BCUT2D eigenvalue weighted by Crippen LogP contribution is 2.13. The number of amides is 3. The van der Waals surface area contributed by atoms with Crippen molar-refractivity contribution >= 4 is 29.2 Å². The first-order valence-corrected chi connectivity index (χ1v) is 9.29. The van der Waals surface area contributed by atoms with Gasteiger partial charge in [0.2, 0.25) is 5.91 Å². The number of carbonyl (C=O) groups excluding carboxylic acids is 4. The summed E-state index contributed by atoms with van der Waals surface area (Å²) in [5, 5.41) is 2.69. The maximum Gasteiger partial charge on any atom is 0.274 e. The van der Waals surface area contributed by atoms with Crippen molar-refractivity contribution in [3.63, 3.8) is 0 Å². The molecule has 1 N–H and O–H groups in total. The summed E-state index contributed by atoms with van der Waals surface area (Å²) in [5.74, 6) is -0.859. The van der Waals surface area contributed by atoms with Gasteiger partial charge in [-0.25, -0.2) is 4.98 Å². The van der Waals surface area contributed by atoms with E-state index in [-0.39, 0.29) is 29.0 Å². The lowest BCUT2D eigenvalue weighted by atomic mass is 10.1. The van der Waals surface area contributed by atoms with Crippen molar-refractivity contribution in [3.8, 4) is 0 Å². The van der Waals surface area contributed by atoms with Gasteiger partial charge in [0.15, 0.2) is 5.78 Å². The van der Waals surface area contributed by atoms with Gasteiger partial charge >= 0.3 is 0 Å². The van der Waals surface area contributed by atoms with Crippen LogP contribution in [0.1, 0.15) is 45.2 Å². The van der Waals surface area contributed by atoms with Gasteiger partial charge in [0.1, 0.15) is 11.4 Å². The Morgan fingerprint density at radius 3 is 2.14 bits per heavy atom. The lowest BCUT2D eigenvalue weighted by molar-refractivity contribution is -0.130.